The Balaban J connectivity index is 2.05. The van der Waals surface area contributed by atoms with Crippen LogP contribution in [0.5, 0.6) is 0 Å². The number of nitrogens with zero attached hydrogens (tertiary/aromatic N) is 1. The maximum atomic E-state index is 3.45. The van der Waals surface area contributed by atoms with Crippen LogP contribution >= 0.6 is 0 Å². The number of benzene rings is 1. The molecule has 0 saturated heterocycles. The van der Waals surface area contributed by atoms with Gasteiger partial charge in [-0.25, -0.2) is 0 Å². The monoisotopic (exact) mass is 256 g/mol. The normalized spacial score (nSPS) is 11.6. The van der Waals surface area contributed by atoms with E-state index < -0.39 is 0 Å². The first-order valence-electron chi connectivity index (χ1n) is 6.86. The molecule has 0 aliphatic carbocycles. The molecule has 0 aliphatic rings. The predicted octanol–water partition coefficient (Wildman–Crippen LogP) is 4.15. The summed E-state index contributed by atoms with van der Waals surface area (Å²) in [5, 5.41) is 0. The van der Waals surface area contributed by atoms with Gasteiger partial charge in [-0.2, -0.15) is 0 Å². The van der Waals surface area contributed by atoms with Gasteiger partial charge in [0, 0.05) is 11.4 Å². The van der Waals surface area contributed by atoms with E-state index in [1.54, 1.807) is 0 Å². The summed E-state index contributed by atoms with van der Waals surface area (Å²) >= 11 is 0. The third-order valence-corrected chi connectivity index (χ3v) is 3.53. The SMILES string of the molecule is Cc1ccc(C)n1NCc1ccc(C(C)(C)C)cc1. The third kappa shape index (κ3) is 3.19. The summed E-state index contributed by atoms with van der Waals surface area (Å²) < 4.78 is 2.14. The fourth-order valence-corrected chi connectivity index (χ4v) is 2.21. The van der Waals surface area contributed by atoms with Crippen LogP contribution in [0, 0.1) is 13.8 Å². The summed E-state index contributed by atoms with van der Waals surface area (Å²) in [4.78, 5) is 0. The molecule has 0 unspecified atom stereocenters. The molecule has 0 radical (unpaired) electrons. The van der Waals surface area contributed by atoms with Crippen LogP contribution in [0.2, 0.25) is 0 Å². The third-order valence-electron chi connectivity index (χ3n) is 3.53. The highest BCUT2D eigenvalue weighted by molar-refractivity contribution is 5.28. The molecule has 1 aromatic heterocycles. The molecule has 0 amide bonds. The van der Waals surface area contributed by atoms with Gasteiger partial charge in [0.2, 0.25) is 0 Å². The smallest absolute Gasteiger partial charge is 0.0564 e. The molecule has 2 rings (SSSR count). The molecule has 1 heterocycles. The van der Waals surface area contributed by atoms with Gasteiger partial charge in [-0.05, 0) is 42.5 Å². The van der Waals surface area contributed by atoms with Gasteiger partial charge in [-0.1, -0.05) is 45.0 Å². The number of aryl methyl sites for hydroxylation is 2. The van der Waals surface area contributed by atoms with Crippen LogP contribution in [0.4, 0.5) is 0 Å². The average Bonchev–Trinajstić information content (AvgIpc) is 2.66. The van der Waals surface area contributed by atoms with Crippen molar-refractivity contribution >= 4 is 0 Å². The van der Waals surface area contributed by atoms with Gasteiger partial charge in [0.25, 0.3) is 0 Å². The van der Waals surface area contributed by atoms with Gasteiger partial charge in [0.1, 0.15) is 0 Å². The van der Waals surface area contributed by atoms with Crippen LogP contribution in [0.25, 0.3) is 0 Å². The fraction of sp³-hybridized carbons (Fsp3) is 0.412. The van der Waals surface area contributed by atoms with Gasteiger partial charge in [-0.3, -0.25) is 4.68 Å². The molecule has 0 spiro atoms. The second-order valence-electron chi connectivity index (χ2n) is 6.23. The molecule has 19 heavy (non-hydrogen) atoms. The van der Waals surface area contributed by atoms with Crippen LogP contribution in [-0.4, -0.2) is 4.68 Å². The highest BCUT2D eigenvalue weighted by Gasteiger charge is 2.12. The quantitative estimate of drug-likeness (QED) is 0.873. The van der Waals surface area contributed by atoms with Crippen LogP contribution in [-0.2, 0) is 12.0 Å². The van der Waals surface area contributed by atoms with E-state index >= 15 is 0 Å². The summed E-state index contributed by atoms with van der Waals surface area (Å²) in [5.41, 5.74) is 8.84. The highest BCUT2D eigenvalue weighted by atomic mass is 15.4. The van der Waals surface area contributed by atoms with Crippen molar-refractivity contribution in [2.24, 2.45) is 0 Å². The van der Waals surface area contributed by atoms with Crippen LogP contribution in [0.1, 0.15) is 43.3 Å². The summed E-state index contributed by atoms with van der Waals surface area (Å²) in [6.07, 6.45) is 0. The average molecular weight is 256 g/mol. The van der Waals surface area contributed by atoms with E-state index in [0.29, 0.717) is 0 Å². The Hall–Kier alpha value is -1.70. The van der Waals surface area contributed by atoms with Crippen molar-refractivity contribution in [2.75, 3.05) is 5.43 Å². The first-order valence-corrected chi connectivity index (χ1v) is 6.86. The lowest BCUT2D eigenvalue weighted by Crippen LogP contribution is -2.17. The van der Waals surface area contributed by atoms with Crippen LogP contribution in [0.15, 0.2) is 36.4 Å². The topological polar surface area (TPSA) is 17.0 Å². The minimum Gasteiger partial charge on any atom is -0.322 e. The zero-order chi connectivity index (χ0) is 14.0. The summed E-state index contributed by atoms with van der Waals surface area (Å²) in [7, 11) is 0. The van der Waals surface area contributed by atoms with E-state index in [-0.39, 0.29) is 5.41 Å². The highest BCUT2D eigenvalue weighted by Crippen LogP contribution is 2.22. The van der Waals surface area contributed by atoms with Gasteiger partial charge in [0.15, 0.2) is 0 Å². The Bertz CT molecular complexity index is 522. The maximum Gasteiger partial charge on any atom is 0.0564 e. The minimum atomic E-state index is 0.222. The fourth-order valence-electron chi connectivity index (χ4n) is 2.21. The van der Waals surface area contributed by atoms with E-state index in [9.17, 15) is 0 Å². The first kappa shape index (κ1) is 13.7. The minimum absolute atomic E-state index is 0.222. The lowest BCUT2D eigenvalue weighted by atomic mass is 9.87. The second-order valence-corrected chi connectivity index (χ2v) is 6.23. The molecule has 0 atom stereocenters. The van der Waals surface area contributed by atoms with E-state index in [4.69, 9.17) is 0 Å². The molecule has 102 valence electrons. The molecule has 0 bridgehead atoms. The zero-order valence-corrected chi connectivity index (χ0v) is 12.6. The first-order chi connectivity index (χ1) is 8.88. The molecule has 0 fully saturated rings. The molecule has 2 heteroatoms. The second kappa shape index (κ2) is 5.12. The van der Waals surface area contributed by atoms with E-state index in [0.717, 1.165) is 6.54 Å². The van der Waals surface area contributed by atoms with Crippen molar-refractivity contribution in [3.63, 3.8) is 0 Å². The van der Waals surface area contributed by atoms with Crippen molar-refractivity contribution < 1.29 is 0 Å². The number of rotatable bonds is 3. The zero-order valence-electron chi connectivity index (χ0n) is 12.6. The Morgan fingerprint density at radius 3 is 1.89 bits per heavy atom. The van der Waals surface area contributed by atoms with Crippen molar-refractivity contribution in [3.05, 3.63) is 58.9 Å². The van der Waals surface area contributed by atoms with Crippen LogP contribution < -0.4 is 5.43 Å². The van der Waals surface area contributed by atoms with E-state index in [2.05, 4.69) is 81.1 Å². The Kier molecular flexibility index (Phi) is 3.70. The van der Waals surface area contributed by atoms with Crippen LogP contribution in [0.3, 0.4) is 0 Å². The largest absolute Gasteiger partial charge is 0.322 e. The number of hydrogen-bond donors (Lipinski definition) is 1. The molecule has 1 N–H and O–H groups in total. The van der Waals surface area contributed by atoms with Gasteiger partial charge in [0.05, 0.1) is 6.54 Å². The number of aromatic nitrogens is 1. The van der Waals surface area contributed by atoms with Crippen molar-refractivity contribution in [3.8, 4) is 0 Å². The van der Waals surface area contributed by atoms with Crippen molar-refractivity contribution in [1.29, 1.82) is 0 Å². The molecular weight excluding hydrogens is 232 g/mol. The Morgan fingerprint density at radius 1 is 0.895 bits per heavy atom. The predicted molar refractivity (Wildman–Crippen MR) is 82.1 cm³/mol. The lowest BCUT2D eigenvalue weighted by Gasteiger charge is -2.19. The Morgan fingerprint density at radius 2 is 1.42 bits per heavy atom. The van der Waals surface area contributed by atoms with Gasteiger partial charge < -0.3 is 5.43 Å². The van der Waals surface area contributed by atoms with E-state index in [1.807, 2.05) is 0 Å². The standard InChI is InChI=1S/C17H24N2/c1-13-6-7-14(2)19(13)18-12-15-8-10-16(11-9-15)17(3,4)5/h6-11,18H,12H2,1-5H3. The molecule has 0 saturated carbocycles. The number of nitrogens with one attached hydrogen (secondary N) is 1. The molecular formula is C17H24N2. The Labute approximate surface area is 116 Å². The summed E-state index contributed by atoms with van der Waals surface area (Å²) in [5.74, 6) is 0. The van der Waals surface area contributed by atoms with Crippen molar-refractivity contribution in [1.82, 2.24) is 4.68 Å². The van der Waals surface area contributed by atoms with E-state index in [1.165, 1.54) is 22.5 Å². The maximum absolute atomic E-state index is 3.45. The number of hydrogen-bond acceptors (Lipinski definition) is 1. The molecule has 2 aromatic rings. The van der Waals surface area contributed by atoms with Gasteiger partial charge in [-0.15, -0.1) is 0 Å². The summed E-state index contributed by atoms with van der Waals surface area (Å²) in [6.45, 7) is 11.8. The lowest BCUT2D eigenvalue weighted by molar-refractivity contribution is 0.590. The van der Waals surface area contributed by atoms with Crippen molar-refractivity contribution in [2.45, 2.75) is 46.6 Å². The molecule has 2 nitrogen and oxygen atoms in total. The van der Waals surface area contributed by atoms with Gasteiger partial charge >= 0.3 is 0 Å². The molecule has 1 aromatic carbocycles. The molecule has 0 aliphatic heterocycles. The summed E-state index contributed by atoms with van der Waals surface area (Å²) in [6, 6.07) is 13.1.